The molecule has 0 aromatic carbocycles. The number of rotatable bonds is 0. The summed E-state index contributed by atoms with van der Waals surface area (Å²) in [5.41, 5.74) is 81.4. The number of hydrogen-bond donors (Lipinski definition) is 0. The molecule has 108 heavy (non-hydrogen) atoms. The standard InChI is InChI=1S/C108H42/c1-5-13-21-29-22-14-6-2-10-19-27-33-37-38-34-28-20-12-4-8-16-24-30-23-15-7-3-11-18-26-32-36-35-31-25-17-9(1)39(5)43(13)51(21)59(29)52(22)44(14)40(6,10)48(19)57(27)63(33)67(37)68(38)64(34)58(28)50(20)42(8,12)46(16)54(24)60(30)53(23)45(15)41(7,11)49(18)56(26)62(32)66(36)65(35)61(31)55(25)47(17,39)69(43)73(51)81(59)74(52)70(44,48)78(57)85(63)89(67)90(68)86(64)80(58)72(46,50)76(54)82(60)75(53)71(45,49)79(56)84(62)88(66)87(65)83(61)77(55,69)91(73)95(81)92(74,78)98(85)103(89)104(90)100(86)94(76,80)96(82)93(75,79)99(84)102(88)101(87)97(83,91)105(95,98)107(101,103)108(102,104)106(96,99)100/h5-38H,1-4H2. The molecule has 88 saturated carbocycles. The molecule has 0 saturated heterocycles. The molecule has 0 amide bonds. The van der Waals surface area contributed by atoms with Gasteiger partial charge >= 0.3 is 0 Å². The monoisotopic (exact) mass is 1340 g/mol. The lowest BCUT2D eigenvalue weighted by atomic mass is 8.17. The third-order valence-corrected chi connectivity index (χ3v) is 104. The van der Waals surface area contributed by atoms with Crippen molar-refractivity contribution in [1.29, 1.82) is 0 Å². The van der Waals surface area contributed by atoms with Crippen LogP contribution in [0.25, 0.3) is 0 Å². The fourth-order valence-corrected chi connectivity index (χ4v) is 139. The molecule has 0 nitrogen and oxygen atoms in total. The highest BCUT2D eigenvalue weighted by atomic mass is 15.9. The maximum atomic E-state index is 1.95. The third-order valence-electron chi connectivity index (χ3n) is 104. The first kappa shape index (κ1) is 32.5. The van der Waals surface area contributed by atoms with Gasteiger partial charge < -0.3 is 0 Å². The van der Waals surface area contributed by atoms with Gasteiger partial charge in [0.25, 0.3) is 0 Å². The molecule has 474 valence electrons. The van der Waals surface area contributed by atoms with Crippen LogP contribution in [0.3, 0.4) is 0 Å². The van der Waals surface area contributed by atoms with Crippen molar-refractivity contribution in [3.05, 3.63) is 152 Å². The van der Waals surface area contributed by atoms with Crippen LogP contribution in [0.15, 0.2) is 0 Å². The molecule has 88 rings (SSSR count). The SMILES string of the molecule is C1C2C3C4C5C6C7C8CC9C%10C%11C%12C%13C%14C%15C%16C%17C%18CC%19C%20C%21C%22C%23C%24C%25CC%26C%27C%28C%29C%30C%31C%32C%33C%34C1C21C32C43C54C65C76C89C%107C%118C%129C%13%10C%14%11C%15%12C%16%13C%17%14C%19%18C%20%15C%21%16C%22%17C%23%18C%24%19C%25%26C%27%20C%28%21C%29%22C%30%23C%31%24C%32%25C%33%26C%341C21C32C43C54C67C85C96C%107C%118C%129C%13%10C%15%14C%16%11C%17%12C%18%13C%19%20C%21%14C%22%15C%23%16C%24%17C%25%18C%261C21C32C45C63C74C85C96C%11%10C%127C%13%14C%158C%169C%17%10C%181C23C%104C95C786. The zero-order chi connectivity index (χ0) is 57.5. The maximum absolute atomic E-state index is 1.95. The summed E-state index contributed by atoms with van der Waals surface area (Å²) in [6.45, 7) is 0. The van der Waals surface area contributed by atoms with Gasteiger partial charge in [0.15, 0.2) is 0 Å². The van der Waals surface area contributed by atoms with Gasteiger partial charge in [-0.05, 0) is 606 Å². The lowest BCUT2D eigenvalue weighted by Gasteiger charge is -3.84. The van der Waals surface area contributed by atoms with Crippen LogP contribution in [-0.4, -0.2) is 0 Å². The molecule has 0 N–H and O–H groups in total. The second-order valence-corrected chi connectivity index (χ2v) is 73.9. The molecule has 88 aliphatic carbocycles. The topological polar surface area (TPSA) is 0 Å². The van der Waals surface area contributed by atoms with Crippen molar-refractivity contribution in [2.45, 2.75) is 25.7 Å². The zero-order valence-electron chi connectivity index (χ0n) is 57.5. The van der Waals surface area contributed by atoms with E-state index in [4.69, 9.17) is 0 Å². The summed E-state index contributed by atoms with van der Waals surface area (Å²) in [5, 5.41) is 0. The van der Waals surface area contributed by atoms with E-state index in [0.29, 0.717) is 0 Å². The van der Waals surface area contributed by atoms with E-state index in [2.05, 4.69) is 0 Å². The smallest absolute Gasteiger partial charge is 0.000000409 e. The van der Waals surface area contributed by atoms with Crippen molar-refractivity contribution < 1.29 is 0 Å². The third kappa shape index (κ3) is 0.558. The van der Waals surface area contributed by atoms with Crippen molar-refractivity contribution in [2.75, 3.05) is 0 Å². The van der Waals surface area contributed by atoms with Crippen LogP contribution in [0.5, 0.6) is 0 Å². The van der Waals surface area contributed by atoms with Crippen LogP contribution < -0.4 is 0 Å². The van der Waals surface area contributed by atoms with Crippen LogP contribution in [0.1, 0.15) is 25.7 Å². The molecule has 70 spiro atoms. The second-order valence-electron chi connectivity index (χ2n) is 73.9. The lowest BCUT2D eigenvalue weighted by Crippen LogP contribution is -3.80. The van der Waals surface area contributed by atoms with Gasteiger partial charge in [-0.2, -0.15) is 0 Å². The summed E-state index contributed by atoms with van der Waals surface area (Å²) in [4.78, 5) is 0. The number of fused-ring (bicyclic) bond motifs is 30. The Morgan fingerprint density at radius 3 is 0.315 bits per heavy atom. The first-order valence-corrected chi connectivity index (χ1v) is 53.8. The molecular weight excluding hydrogens is 1300 g/mol. The highest BCUT2D eigenvalue weighted by molar-refractivity contribution is 6.95. The van der Waals surface area contributed by atoms with Gasteiger partial charge in [-0.3, -0.25) is 0 Å². The molecule has 0 heteroatoms. The molecule has 0 aromatic rings. The highest BCUT2D eigenvalue weighted by Gasteiger charge is 3.92. The maximum Gasteiger partial charge on any atom is -0.000000409 e. The Kier molecular flexibility index (Phi) is 1.31. The molecule has 0 heterocycles. The zero-order valence-corrected chi connectivity index (χ0v) is 57.5. The van der Waals surface area contributed by atoms with Gasteiger partial charge in [-0.1, -0.05) is 0 Å². The quantitative estimate of drug-likeness (QED) is 0.231. The van der Waals surface area contributed by atoms with E-state index < -0.39 is 0 Å². The first-order chi connectivity index (χ1) is 53.8. The van der Waals surface area contributed by atoms with Gasteiger partial charge in [0.2, 0.25) is 0 Å². The van der Waals surface area contributed by atoms with E-state index in [1.807, 2.05) is 25.7 Å². The van der Waals surface area contributed by atoms with Crippen molar-refractivity contribution in [3.63, 3.8) is 0 Å². The average molecular weight is 1340 g/mol. The van der Waals surface area contributed by atoms with E-state index in [1.165, 1.54) is 396 Å². The van der Waals surface area contributed by atoms with Crippen molar-refractivity contribution in [2.24, 2.45) is 429 Å². The Hall–Kier alpha value is 0. The Balaban J connectivity index is 0.594. The fraction of sp³-hybridized carbons (Fsp3) is 1.00. The van der Waals surface area contributed by atoms with E-state index in [0.717, 1.165) is 184 Å². The molecule has 88 aliphatic rings. The summed E-state index contributed by atoms with van der Waals surface area (Å²) in [6, 6.07) is 0. The lowest BCUT2D eigenvalue weighted by molar-refractivity contribution is -1.16. The van der Waals surface area contributed by atoms with Gasteiger partial charge in [0.05, 0.1) is 0 Å². The van der Waals surface area contributed by atoms with Crippen molar-refractivity contribution >= 4 is 0 Å². The van der Waals surface area contributed by atoms with Crippen LogP contribution >= 0.6 is 0 Å². The van der Waals surface area contributed by atoms with E-state index in [9.17, 15) is 0 Å². The predicted octanol–water partition coefficient (Wildman–Crippen LogP) is 8.02. The normalized spacial score (nSPS) is 159. The van der Waals surface area contributed by atoms with Gasteiger partial charge in [-0.15, -0.1) is 0 Å². The minimum Gasteiger partial charge on any atom is -0.0458 e. The predicted molar refractivity (Wildman–Crippen MR) is 330 cm³/mol. The van der Waals surface area contributed by atoms with Crippen LogP contribution in [0.2, 0.25) is 0 Å². The van der Waals surface area contributed by atoms with Gasteiger partial charge in [0.1, 0.15) is 0 Å². The van der Waals surface area contributed by atoms with Crippen LogP contribution in [-0.2, 0) is 0 Å². The van der Waals surface area contributed by atoms with Crippen molar-refractivity contribution in [1.82, 2.24) is 0 Å². The minimum atomic E-state index is 1.12. The summed E-state index contributed by atoms with van der Waals surface area (Å²) in [5.74, 6) is 49.7. The largest absolute Gasteiger partial charge is 0.0458 e. The summed E-state index contributed by atoms with van der Waals surface area (Å²) in [7, 11) is 0. The minimum absolute atomic E-state index is 1.12. The van der Waals surface area contributed by atoms with Crippen LogP contribution in [0.4, 0.5) is 0 Å². The number of hydrogen-bond acceptors (Lipinski definition) is 0. The van der Waals surface area contributed by atoms with Gasteiger partial charge in [0, 0.05) is 0 Å². The van der Waals surface area contributed by atoms with E-state index >= 15 is 0 Å². The molecule has 92 unspecified atom stereocenters. The molecule has 0 aromatic heterocycles. The Morgan fingerprint density at radius 1 is 0.0833 bits per heavy atom. The summed E-state index contributed by atoms with van der Waals surface area (Å²) < 4.78 is 0. The van der Waals surface area contributed by atoms with Gasteiger partial charge in [-0.25, -0.2) is 0 Å². The molecule has 0 aliphatic heterocycles. The van der Waals surface area contributed by atoms with Crippen LogP contribution in [0, 0.1) is 580 Å². The molecular formula is C108H42. The Labute approximate surface area is 601 Å². The Morgan fingerprint density at radius 2 is 0.176 bits per heavy atom. The highest BCUT2D eigenvalue weighted by Crippen LogP contribution is 3.97. The fourth-order valence-electron chi connectivity index (χ4n) is 139. The van der Waals surface area contributed by atoms with E-state index in [1.54, 1.807) is 0 Å². The molecule has 92 atom stereocenters. The first-order valence-electron chi connectivity index (χ1n) is 53.8. The Bertz CT molecular complexity index is 8480. The van der Waals surface area contributed by atoms with Crippen molar-refractivity contribution in [3.8, 4) is 0 Å². The summed E-state index contributed by atoms with van der Waals surface area (Å²) >= 11 is 0. The summed E-state index contributed by atoms with van der Waals surface area (Å²) in [6.07, 6.45) is 7.81. The molecule has 0 radical (unpaired) electrons. The molecule has 0 bridgehead atoms. The molecule has 88 fully saturated rings. The second kappa shape index (κ2) is 4.35. The average Bonchev–Trinajstić information content (AvgIpc) is 0.390. The van der Waals surface area contributed by atoms with E-state index in [-0.39, 0.29) is 0 Å².